The Balaban J connectivity index is 1.95. The van der Waals surface area contributed by atoms with Gasteiger partial charge in [0.2, 0.25) is 5.16 Å². The Hall–Kier alpha value is -0.550. The molecule has 5 heteroatoms. The van der Waals surface area contributed by atoms with Gasteiger partial charge in [-0.15, -0.1) is 5.10 Å². The number of nitrogens with two attached hydrogens (primary N) is 1. The normalized spacial score (nSPS) is 27.4. The minimum atomic E-state index is 0.295. The topological polar surface area (TPSA) is 67.6 Å². The van der Waals surface area contributed by atoms with Crippen molar-refractivity contribution in [3.63, 3.8) is 0 Å². The van der Waals surface area contributed by atoms with Gasteiger partial charge in [-0.1, -0.05) is 37.4 Å². The van der Waals surface area contributed by atoms with Gasteiger partial charge in [-0.2, -0.15) is 0 Å². The lowest BCUT2D eigenvalue weighted by Gasteiger charge is -2.24. The van der Waals surface area contributed by atoms with E-state index in [-0.39, 0.29) is 0 Å². The number of aromatic amines is 1. The Morgan fingerprint density at radius 3 is 2.69 bits per heavy atom. The molecule has 0 radical (unpaired) electrons. The molecule has 1 saturated carbocycles. The molecule has 1 aliphatic rings. The molecular formula is C11H20N4S. The van der Waals surface area contributed by atoms with Gasteiger partial charge in [0.25, 0.3) is 0 Å². The molecule has 1 heterocycles. The van der Waals surface area contributed by atoms with E-state index in [0.29, 0.717) is 11.3 Å². The first kappa shape index (κ1) is 11.9. The van der Waals surface area contributed by atoms with Crippen molar-refractivity contribution in [2.45, 2.75) is 61.9 Å². The molecule has 0 aliphatic heterocycles. The fourth-order valence-corrected chi connectivity index (χ4v) is 3.29. The minimum Gasteiger partial charge on any atom is -0.327 e. The van der Waals surface area contributed by atoms with E-state index in [9.17, 15) is 0 Å². The highest BCUT2D eigenvalue weighted by molar-refractivity contribution is 7.99. The summed E-state index contributed by atoms with van der Waals surface area (Å²) in [5, 5.41) is 8.38. The van der Waals surface area contributed by atoms with Crippen molar-refractivity contribution < 1.29 is 0 Å². The number of nitrogens with zero attached hydrogens (tertiary/aromatic N) is 2. The first-order valence-electron chi connectivity index (χ1n) is 6.07. The van der Waals surface area contributed by atoms with Crippen LogP contribution in [-0.2, 0) is 0 Å². The van der Waals surface area contributed by atoms with Crippen LogP contribution in [0.5, 0.6) is 0 Å². The Labute approximate surface area is 101 Å². The smallest absolute Gasteiger partial charge is 0.208 e. The predicted molar refractivity (Wildman–Crippen MR) is 66.4 cm³/mol. The van der Waals surface area contributed by atoms with Gasteiger partial charge in [-0.3, -0.25) is 5.10 Å². The van der Waals surface area contributed by atoms with Crippen LogP contribution in [0, 0.1) is 6.92 Å². The minimum absolute atomic E-state index is 0.295. The Morgan fingerprint density at radius 1 is 1.25 bits per heavy atom. The van der Waals surface area contributed by atoms with Gasteiger partial charge in [0.1, 0.15) is 5.82 Å². The summed E-state index contributed by atoms with van der Waals surface area (Å²) in [6, 6.07) is 0.295. The fraction of sp³-hybridized carbons (Fsp3) is 0.818. The van der Waals surface area contributed by atoms with Crippen LogP contribution in [0.25, 0.3) is 0 Å². The predicted octanol–water partition coefficient (Wildman–Crippen LogP) is 2.26. The lowest BCUT2D eigenvalue weighted by Crippen LogP contribution is -2.33. The van der Waals surface area contributed by atoms with Crippen molar-refractivity contribution in [2.75, 3.05) is 0 Å². The monoisotopic (exact) mass is 240 g/mol. The summed E-state index contributed by atoms with van der Waals surface area (Å²) in [5.41, 5.74) is 6.22. The summed E-state index contributed by atoms with van der Waals surface area (Å²) in [5.74, 6) is 0.877. The second-order valence-electron chi connectivity index (χ2n) is 4.52. The second-order valence-corrected chi connectivity index (χ2v) is 5.72. The average Bonchev–Trinajstić information content (AvgIpc) is 2.64. The van der Waals surface area contributed by atoms with Crippen LogP contribution in [0.15, 0.2) is 5.16 Å². The first-order chi connectivity index (χ1) is 7.75. The maximum Gasteiger partial charge on any atom is 0.208 e. The van der Waals surface area contributed by atoms with Gasteiger partial charge < -0.3 is 5.73 Å². The Bertz CT molecular complexity index is 326. The molecule has 0 bridgehead atoms. The molecule has 16 heavy (non-hydrogen) atoms. The maximum absolute atomic E-state index is 6.22. The van der Waals surface area contributed by atoms with Crippen molar-refractivity contribution in [3.8, 4) is 0 Å². The molecule has 0 saturated heterocycles. The van der Waals surface area contributed by atoms with Crippen LogP contribution in [-0.4, -0.2) is 26.5 Å². The highest BCUT2D eigenvalue weighted by Crippen LogP contribution is 2.29. The molecule has 1 aliphatic carbocycles. The number of hydrogen-bond acceptors (Lipinski definition) is 4. The van der Waals surface area contributed by atoms with Gasteiger partial charge in [-0.05, 0) is 19.8 Å². The molecule has 4 nitrogen and oxygen atoms in total. The van der Waals surface area contributed by atoms with E-state index >= 15 is 0 Å². The number of aryl methyl sites for hydroxylation is 1. The third-order valence-electron chi connectivity index (χ3n) is 3.09. The van der Waals surface area contributed by atoms with Crippen LogP contribution in [0.4, 0.5) is 0 Å². The molecular weight excluding hydrogens is 220 g/mol. The van der Waals surface area contributed by atoms with Crippen molar-refractivity contribution in [3.05, 3.63) is 5.82 Å². The number of hydrogen-bond donors (Lipinski definition) is 2. The number of thioether (sulfide) groups is 1. The van der Waals surface area contributed by atoms with Gasteiger partial charge in [0.15, 0.2) is 0 Å². The average molecular weight is 240 g/mol. The third kappa shape index (κ3) is 3.22. The summed E-state index contributed by atoms with van der Waals surface area (Å²) >= 11 is 1.74. The van der Waals surface area contributed by atoms with E-state index in [4.69, 9.17) is 5.73 Å². The van der Waals surface area contributed by atoms with Crippen LogP contribution in [0.3, 0.4) is 0 Å². The second kappa shape index (κ2) is 5.68. The van der Waals surface area contributed by atoms with E-state index < -0.39 is 0 Å². The Kier molecular flexibility index (Phi) is 4.23. The number of nitrogens with one attached hydrogen (secondary N) is 1. The molecule has 1 aromatic rings. The van der Waals surface area contributed by atoms with Crippen molar-refractivity contribution >= 4 is 11.8 Å². The van der Waals surface area contributed by atoms with E-state index in [2.05, 4.69) is 15.2 Å². The zero-order valence-corrected chi connectivity index (χ0v) is 10.6. The van der Waals surface area contributed by atoms with Crippen LogP contribution in [0.1, 0.15) is 44.3 Å². The number of H-pyrrole nitrogens is 1. The van der Waals surface area contributed by atoms with Gasteiger partial charge in [0, 0.05) is 11.3 Å². The summed E-state index contributed by atoms with van der Waals surface area (Å²) in [7, 11) is 0. The maximum atomic E-state index is 6.22. The SMILES string of the molecule is Cc1nc(SC2CCCCCCC2N)n[nH]1. The molecule has 0 amide bonds. The zero-order chi connectivity index (χ0) is 11.4. The summed E-state index contributed by atoms with van der Waals surface area (Å²) in [4.78, 5) is 4.33. The number of rotatable bonds is 2. The highest BCUT2D eigenvalue weighted by atomic mass is 32.2. The third-order valence-corrected chi connectivity index (χ3v) is 4.37. The van der Waals surface area contributed by atoms with Crippen LogP contribution in [0.2, 0.25) is 0 Å². The van der Waals surface area contributed by atoms with E-state index in [1.807, 2.05) is 6.92 Å². The largest absolute Gasteiger partial charge is 0.327 e. The summed E-state index contributed by atoms with van der Waals surface area (Å²) < 4.78 is 0. The van der Waals surface area contributed by atoms with Crippen molar-refractivity contribution in [1.29, 1.82) is 0 Å². The number of aromatic nitrogens is 3. The fourth-order valence-electron chi connectivity index (χ4n) is 2.14. The quantitative estimate of drug-likeness (QED) is 0.832. The summed E-state index contributed by atoms with van der Waals surface area (Å²) in [6.45, 7) is 1.93. The van der Waals surface area contributed by atoms with Crippen LogP contribution >= 0.6 is 11.8 Å². The van der Waals surface area contributed by atoms with Crippen molar-refractivity contribution in [1.82, 2.24) is 15.2 Å². The van der Waals surface area contributed by atoms with E-state index in [0.717, 1.165) is 17.4 Å². The van der Waals surface area contributed by atoms with Gasteiger partial charge in [-0.25, -0.2) is 4.98 Å². The molecule has 90 valence electrons. The summed E-state index contributed by atoms with van der Waals surface area (Å²) in [6.07, 6.45) is 7.57. The highest BCUT2D eigenvalue weighted by Gasteiger charge is 2.21. The van der Waals surface area contributed by atoms with E-state index in [1.165, 1.54) is 32.1 Å². The molecule has 0 spiro atoms. The zero-order valence-electron chi connectivity index (χ0n) is 9.78. The molecule has 3 N–H and O–H groups in total. The lowest BCUT2D eigenvalue weighted by molar-refractivity contribution is 0.463. The lowest BCUT2D eigenvalue weighted by atomic mass is 9.97. The molecule has 0 aromatic carbocycles. The van der Waals surface area contributed by atoms with Crippen LogP contribution < -0.4 is 5.73 Å². The van der Waals surface area contributed by atoms with E-state index in [1.54, 1.807) is 11.8 Å². The standard InChI is InChI=1S/C11H20N4S/c1-8-13-11(15-14-8)16-10-7-5-3-2-4-6-9(10)12/h9-10H,2-7,12H2,1H3,(H,13,14,15). The first-order valence-corrected chi connectivity index (χ1v) is 6.95. The molecule has 2 rings (SSSR count). The van der Waals surface area contributed by atoms with Crippen molar-refractivity contribution in [2.24, 2.45) is 5.73 Å². The molecule has 2 atom stereocenters. The Morgan fingerprint density at radius 2 is 2.00 bits per heavy atom. The van der Waals surface area contributed by atoms with Gasteiger partial charge in [0.05, 0.1) is 0 Å². The molecule has 1 fully saturated rings. The van der Waals surface area contributed by atoms with Gasteiger partial charge >= 0.3 is 0 Å². The molecule has 2 unspecified atom stereocenters. The molecule has 1 aromatic heterocycles.